The van der Waals surface area contributed by atoms with Crippen LogP contribution in [-0.4, -0.2) is 46.7 Å². The molecular formula is C23H16Br2N4O14S4. The lowest BCUT2D eigenvalue weighted by molar-refractivity contribution is -0.432. The molecule has 0 aliphatic heterocycles. The maximum Gasteiger partial charge on any atom is 0.296 e. The molecule has 0 aliphatic rings. The molecular weight excluding hydrogens is 844 g/mol. The Morgan fingerprint density at radius 1 is 0.702 bits per heavy atom. The molecule has 47 heavy (non-hydrogen) atoms. The van der Waals surface area contributed by atoms with Crippen molar-refractivity contribution < 1.29 is 65.4 Å². The third kappa shape index (κ3) is 9.00. The molecule has 18 nitrogen and oxygen atoms in total. The van der Waals surface area contributed by atoms with E-state index in [1.807, 2.05) is 0 Å². The number of phenolic OH excluding ortho intramolecular Hbond substituents is 2. The first-order valence-electron chi connectivity index (χ1n) is 11.8. The van der Waals surface area contributed by atoms with Crippen LogP contribution in [0, 0.1) is 0 Å². The number of phenols is 2. The number of rotatable bonds is 13. The second kappa shape index (κ2) is 15.6. The average Bonchev–Trinajstić information content (AvgIpc) is 2.99. The molecule has 4 aromatic rings. The second-order valence-electron chi connectivity index (χ2n) is 8.61. The van der Waals surface area contributed by atoms with E-state index in [1.54, 1.807) is 0 Å². The van der Waals surface area contributed by atoms with Crippen LogP contribution in [0.15, 0.2) is 92.6 Å². The molecule has 0 heterocycles. The third-order valence-electron chi connectivity index (χ3n) is 5.73. The van der Waals surface area contributed by atoms with Crippen molar-refractivity contribution in [1.82, 2.24) is 0 Å². The van der Waals surface area contributed by atoms with E-state index in [-0.39, 0.29) is 37.4 Å². The lowest BCUT2D eigenvalue weighted by Gasteiger charge is -2.14. The summed E-state index contributed by atoms with van der Waals surface area (Å²) in [6, 6.07) is 10.1. The van der Waals surface area contributed by atoms with Crippen LogP contribution in [0.2, 0.25) is 0 Å². The van der Waals surface area contributed by atoms with Crippen molar-refractivity contribution in [3.63, 3.8) is 0 Å². The fraction of sp³-hybridized carbons (Fsp3) is 0.0435. The van der Waals surface area contributed by atoms with Gasteiger partial charge < -0.3 is 10.2 Å². The minimum absolute atomic E-state index is 0.00372. The van der Waals surface area contributed by atoms with Crippen molar-refractivity contribution in [2.45, 2.75) is 20.4 Å². The van der Waals surface area contributed by atoms with Gasteiger partial charge in [-0.15, -0.1) is 29.1 Å². The number of hydrogen-bond donors (Lipinski definition) is 6. The molecule has 0 aromatic heterocycles. The van der Waals surface area contributed by atoms with Gasteiger partial charge in [0.25, 0.3) is 20.2 Å². The van der Waals surface area contributed by atoms with Gasteiger partial charge in [0, 0.05) is 21.0 Å². The zero-order chi connectivity index (χ0) is 34.5. The summed E-state index contributed by atoms with van der Waals surface area (Å²) in [5.74, 6) is -2.11. The van der Waals surface area contributed by atoms with Crippen LogP contribution in [0.5, 0.6) is 11.5 Å². The van der Waals surface area contributed by atoms with Gasteiger partial charge >= 0.3 is 0 Å². The van der Waals surface area contributed by atoms with E-state index in [1.165, 1.54) is 36.4 Å². The van der Waals surface area contributed by atoms with Crippen LogP contribution in [0.4, 0.5) is 22.7 Å². The monoisotopic (exact) mass is 858 g/mol. The molecule has 0 saturated carbocycles. The minimum atomic E-state index is -5.10. The van der Waals surface area contributed by atoms with Gasteiger partial charge in [-0.3, -0.25) is 9.11 Å². The maximum atomic E-state index is 12.4. The van der Waals surface area contributed by atoms with Gasteiger partial charge in [-0.1, -0.05) is 41.9 Å². The molecule has 0 unspecified atom stereocenters. The highest BCUT2D eigenvalue weighted by molar-refractivity contribution is 9.10. The summed E-state index contributed by atoms with van der Waals surface area (Å²) in [4.78, 5) is -1.39. The number of halogens is 2. The predicted molar refractivity (Wildman–Crippen MR) is 170 cm³/mol. The van der Waals surface area contributed by atoms with Crippen LogP contribution in [0.3, 0.4) is 0 Å². The molecule has 250 valence electrons. The summed E-state index contributed by atoms with van der Waals surface area (Å²) in [6.07, 6.45) is 0. The Hall–Kier alpha value is -2.82. The van der Waals surface area contributed by atoms with Crippen molar-refractivity contribution in [2.24, 2.45) is 20.5 Å². The van der Waals surface area contributed by atoms with Crippen LogP contribution in [0.1, 0.15) is 5.56 Å². The fourth-order valence-electron chi connectivity index (χ4n) is 3.84. The van der Waals surface area contributed by atoms with Crippen molar-refractivity contribution >= 4 is 110 Å². The molecule has 4 rings (SSSR count). The average molecular weight is 860 g/mol. The predicted octanol–water partition coefficient (Wildman–Crippen LogP) is 8.10. The van der Waals surface area contributed by atoms with E-state index >= 15 is 0 Å². The molecule has 6 N–H and O–H groups in total. The smallest absolute Gasteiger partial charge is 0.296 e. The Kier molecular flexibility index (Phi) is 12.3. The van der Waals surface area contributed by atoms with Gasteiger partial charge in [-0.2, -0.15) is 16.8 Å². The zero-order valence-corrected chi connectivity index (χ0v) is 28.9. The molecule has 0 bridgehead atoms. The standard InChI is InChI=1S/C23H16Br2N4O14S4/c24-12-1-3-14(16(7-12)45-43-41-33)26-29-21-18(47(37,38)39)6-10-5-11(9-44-42-40-32)20(22(30)19(10)23(21)31)28-27-15-4-2-13(25)8-17(15)46(34,35)36/h1-8,30-33H,9H2,(H,34,35,36)(H,37,38,39). The molecule has 0 saturated heterocycles. The summed E-state index contributed by atoms with van der Waals surface area (Å²) in [5, 5.41) is 61.6. The Morgan fingerprint density at radius 2 is 1.28 bits per heavy atom. The Balaban J connectivity index is 1.97. The molecule has 0 aliphatic carbocycles. The van der Waals surface area contributed by atoms with E-state index in [4.69, 9.17) is 10.5 Å². The van der Waals surface area contributed by atoms with E-state index in [9.17, 15) is 36.2 Å². The summed E-state index contributed by atoms with van der Waals surface area (Å²) in [6.45, 7) is 0. The van der Waals surface area contributed by atoms with Gasteiger partial charge in [-0.05, 0) is 59.5 Å². The molecule has 24 heteroatoms. The lowest BCUT2D eigenvalue weighted by atomic mass is 10.0. The van der Waals surface area contributed by atoms with Gasteiger partial charge in [0.1, 0.15) is 32.5 Å². The lowest BCUT2D eigenvalue weighted by Crippen LogP contribution is -1.99. The maximum absolute atomic E-state index is 12.4. The van der Waals surface area contributed by atoms with Gasteiger partial charge in [0.15, 0.2) is 11.5 Å². The number of fused-ring (bicyclic) bond motifs is 1. The van der Waals surface area contributed by atoms with Gasteiger partial charge in [-0.25, -0.2) is 10.5 Å². The number of nitrogens with zero attached hydrogens (tertiary/aromatic N) is 4. The van der Waals surface area contributed by atoms with Gasteiger partial charge in [0.2, 0.25) is 0 Å². The first-order valence-corrected chi connectivity index (χ1v) is 17.9. The van der Waals surface area contributed by atoms with Gasteiger partial charge in [0.05, 0.1) is 28.1 Å². The van der Waals surface area contributed by atoms with Crippen molar-refractivity contribution in [3.05, 3.63) is 63.0 Å². The minimum Gasteiger partial charge on any atom is -0.505 e. The molecule has 4 aromatic carbocycles. The van der Waals surface area contributed by atoms with E-state index < -0.39 is 58.3 Å². The normalized spacial score (nSPS) is 12.6. The van der Waals surface area contributed by atoms with E-state index in [0.717, 1.165) is 12.1 Å². The highest BCUT2D eigenvalue weighted by atomic mass is 79.9. The SMILES string of the molecule is O=S(=O)(O)c1cc(Br)ccc1N=Nc1c(CSOOO)cc2cc(S(=O)(=O)O)c(N=Nc3ccc(Br)cc3SOOO)c(O)c2c1O. The van der Waals surface area contributed by atoms with Crippen LogP contribution in [0.25, 0.3) is 10.8 Å². The Bertz CT molecular complexity index is 2120. The van der Waals surface area contributed by atoms with Crippen molar-refractivity contribution in [1.29, 1.82) is 0 Å². The van der Waals surface area contributed by atoms with Crippen LogP contribution >= 0.6 is 55.9 Å². The summed E-state index contributed by atoms with van der Waals surface area (Å²) < 4.78 is 77.9. The summed E-state index contributed by atoms with van der Waals surface area (Å²) >= 11 is 7.28. The number of benzene rings is 4. The molecule has 0 amide bonds. The van der Waals surface area contributed by atoms with E-state index in [0.29, 0.717) is 28.6 Å². The Labute approximate surface area is 288 Å². The largest absolute Gasteiger partial charge is 0.505 e. The van der Waals surface area contributed by atoms with Crippen molar-refractivity contribution in [3.8, 4) is 11.5 Å². The molecule has 0 radical (unpaired) electrons. The Morgan fingerprint density at radius 3 is 1.91 bits per heavy atom. The molecule has 0 atom stereocenters. The topological polar surface area (TPSA) is 276 Å². The first-order chi connectivity index (χ1) is 22.1. The van der Waals surface area contributed by atoms with Crippen molar-refractivity contribution in [2.75, 3.05) is 0 Å². The van der Waals surface area contributed by atoms with E-state index in [2.05, 4.69) is 71.1 Å². The summed E-state index contributed by atoms with van der Waals surface area (Å²) in [5.41, 5.74) is -1.58. The highest BCUT2D eigenvalue weighted by Crippen LogP contribution is 2.50. The summed E-state index contributed by atoms with van der Waals surface area (Å²) in [7, 11) is -9.90. The fourth-order valence-corrected chi connectivity index (χ4v) is 7.08. The highest BCUT2D eigenvalue weighted by Gasteiger charge is 2.26. The number of azo groups is 2. The second-order valence-corrected chi connectivity index (χ2v) is 14.6. The third-order valence-corrected chi connectivity index (χ3v) is 9.68. The quantitative estimate of drug-likeness (QED) is 0.0185. The number of hydrogen-bond acceptors (Lipinski definition) is 18. The van der Waals surface area contributed by atoms with Crippen LogP contribution < -0.4 is 0 Å². The molecule has 0 fully saturated rings. The van der Waals surface area contributed by atoms with Crippen LogP contribution in [-0.2, 0) is 44.7 Å². The zero-order valence-electron chi connectivity index (χ0n) is 22.5. The molecule has 0 spiro atoms. The number of aromatic hydroxyl groups is 2. The first kappa shape index (κ1) is 37.0.